The summed E-state index contributed by atoms with van der Waals surface area (Å²) in [6.07, 6.45) is 10.5. The molecule has 2 saturated heterocycles. The second-order valence-corrected chi connectivity index (χ2v) is 13.6. The minimum atomic E-state index is -0.428. The number of aliphatic imine (C=N–C) groups is 1. The molecule has 42 heavy (non-hydrogen) atoms. The number of aromatic hydroxyl groups is 1. The Balaban J connectivity index is 1.35. The smallest absolute Gasteiger partial charge is 0.255 e. The highest BCUT2D eigenvalue weighted by Crippen LogP contribution is 2.46. The van der Waals surface area contributed by atoms with E-state index in [-0.39, 0.29) is 17.1 Å². The molecule has 2 aromatic carbocycles. The Hall–Kier alpha value is -2.89. The van der Waals surface area contributed by atoms with Crippen LogP contribution in [-0.2, 0) is 4.74 Å². The van der Waals surface area contributed by atoms with Gasteiger partial charge in [0, 0.05) is 52.2 Å². The molecule has 3 heterocycles. The Morgan fingerprint density at radius 2 is 2.05 bits per heavy atom. The molecule has 1 unspecified atom stereocenters. The number of nitrogens with zero attached hydrogens (tertiary/aromatic N) is 4. The Bertz CT molecular complexity index is 1510. The monoisotopic (exact) mass is 682 g/mol. The van der Waals surface area contributed by atoms with Gasteiger partial charge in [-0.3, -0.25) is 4.79 Å². The van der Waals surface area contributed by atoms with Crippen LogP contribution in [0.4, 0.5) is 0 Å². The Labute approximate surface area is 261 Å². The number of carbonyl (C=O) groups excluding carboxylic acids is 1. The van der Waals surface area contributed by atoms with Gasteiger partial charge in [-0.05, 0) is 97.9 Å². The zero-order chi connectivity index (χ0) is 29.4. The normalized spacial score (nSPS) is 26.9. The van der Waals surface area contributed by atoms with Gasteiger partial charge in [-0.2, -0.15) is 4.99 Å². The third kappa shape index (κ3) is 6.23. The molecule has 8 nitrogen and oxygen atoms in total. The number of fused-ring (bicyclic) bond motifs is 2. The first-order chi connectivity index (χ1) is 20.2. The van der Waals surface area contributed by atoms with E-state index in [1.807, 2.05) is 35.3 Å². The number of rotatable bonds is 6. The summed E-state index contributed by atoms with van der Waals surface area (Å²) in [7, 11) is 4.20. The fourth-order valence-corrected chi connectivity index (χ4v) is 7.21. The highest BCUT2D eigenvalue weighted by Gasteiger charge is 2.44. The lowest BCUT2D eigenvalue weighted by Crippen LogP contribution is -2.32. The van der Waals surface area contributed by atoms with Crippen LogP contribution in [0, 0.1) is 8.99 Å². The molecule has 3 fully saturated rings. The van der Waals surface area contributed by atoms with E-state index < -0.39 is 6.10 Å². The van der Waals surface area contributed by atoms with E-state index in [1.165, 1.54) is 0 Å². The number of β-amino-alcohol motifs (C(OH)–C–C–N with tert-alkyl or cyclic N) is 1. The number of phenolic OH excluding ortho intramolecular Hbond substituents is 1. The van der Waals surface area contributed by atoms with Crippen LogP contribution in [0.15, 0.2) is 70.5 Å². The molecule has 1 amide bonds. The van der Waals surface area contributed by atoms with Crippen molar-refractivity contribution in [2.45, 2.75) is 38.2 Å². The summed E-state index contributed by atoms with van der Waals surface area (Å²) in [5, 5.41) is 22.8. The number of carbonyl (C=O) groups is 1. The van der Waals surface area contributed by atoms with E-state index in [1.54, 1.807) is 12.1 Å². The van der Waals surface area contributed by atoms with Crippen LogP contribution < -0.4 is 0 Å². The van der Waals surface area contributed by atoms with Gasteiger partial charge in [-0.25, -0.2) is 0 Å². The maximum Gasteiger partial charge on any atom is 0.255 e. The molecule has 2 N–H and O–H groups in total. The standard InChI is InChI=1S/C33H39IN4O4/c1-36(2)20-33(12-13-33)21-42-29-11-6-8-23-17-38(19-27(23)31(35-29)37-14-4-3-9-24(39)18-37)32(41)26-16-25(40)15-22-7-5-10-28(34)30(22)26/h5-8,10-11,15-16,24,39-40H,3-4,9,12-14,17-21H2,1-2H3/b8-6?,11-6+,23-8+,29-11?,31-27+,35-29+,35-31?. The molecule has 9 heteroatoms. The molecule has 222 valence electrons. The lowest BCUT2D eigenvalue weighted by molar-refractivity contribution is 0.0801. The summed E-state index contributed by atoms with van der Waals surface area (Å²) >= 11 is 2.25. The Morgan fingerprint density at radius 3 is 2.83 bits per heavy atom. The zero-order valence-electron chi connectivity index (χ0n) is 24.4. The van der Waals surface area contributed by atoms with Crippen molar-refractivity contribution >= 4 is 45.2 Å². The first-order valence-corrected chi connectivity index (χ1v) is 15.9. The molecule has 1 atom stereocenters. The van der Waals surface area contributed by atoms with E-state index >= 15 is 0 Å². The number of allylic oxidation sites excluding steroid dienone is 2. The highest BCUT2D eigenvalue weighted by molar-refractivity contribution is 14.1. The lowest BCUT2D eigenvalue weighted by Gasteiger charge is -2.27. The molecule has 1 saturated carbocycles. The van der Waals surface area contributed by atoms with Gasteiger partial charge in [0.1, 0.15) is 11.6 Å². The van der Waals surface area contributed by atoms with E-state index in [4.69, 9.17) is 9.73 Å². The first-order valence-electron chi connectivity index (χ1n) is 14.8. The molecule has 6 rings (SSSR count). The molecule has 0 spiro atoms. The number of ether oxygens (including phenoxy) is 1. The molecule has 0 aromatic heterocycles. The summed E-state index contributed by atoms with van der Waals surface area (Å²) in [6, 6.07) is 9.11. The van der Waals surface area contributed by atoms with Crippen LogP contribution in [0.5, 0.6) is 5.75 Å². The number of likely N-dealkylation sites (tertiary alicyclic amines) is 2. The van der Waals surface area contributed by atoms with Crippen LogP contribution in [0.25, 0.3) is 10.8 Å². The number of benzene rings is 2. The molecule has 3 aliphatic heterocycles. The Morgan fingerprint density at radius 1 is 1.21 bits per heavy atom. The number of aliphatic hydroxyl groups excluding tert-OH is 1. The molecule has 1 aliphatic carbocycles. The van der Waals surface area contributed by atoms with Crippen molar-refractivity contribution in [3.63, 3.8) is 0 Å². The van der Waals surface area contributed by atoms with Gasteiger partial charge in [-0.15, -0.1) is 0 Å². The fourth-order valence-electron chi connectivity index (χ4n) is 6.40. The van der Waals surface area contributed by atoms with Crippen molar-refractivity contribution < 1.29 is 19.7 Å². The van der Waals surface area contributed by atoms with Crippen molar-refractivity contribution in [2.24, 2.45) is 10.4 Å². The fraction of sp³-hybridized carbons (Fsp3) is 0.455. The number of aliphatic hydroxyl groups is 1. The van der Waals surface area contributed by atoms with Gasteiger partial charge in [0.2, 0.25) is 5.90 Å². The van der Waals surface area contributed by atoms with Gasteiger partial charge in [-0.1, -0.05) is 24.3 Å². The number of hydrogen-bond donors (Lipinski definition) is 2. The van der Waals surface area contributed by atoms with E-state index in [9.17, 15) is 15.0 Å². The predicted octanol–water partition coefficient (Wildman–Crippen LogP) is 4.92. The van der Waals surface area contributed by atoms with Gasteiger partial charge in [0.15, 0.2) is 0 Å². The van der Waals surface area contributed by atoms with Crippen molar-refractivity contribution in [3.05, 3.63) is 74.7 Å². The topological polar surface area (TPSA) is 88.8 Å². The van der Waals surface area contributed by atoms with Crippen LogP contribution in [0.3, 0.4) is 0 Å². The van der Waals surface area contributed by atoms with Crippen LogP contribution >= 0.6 is 22.6 Å². The van der Waals surface area contributed by atoms with E-state index in [0.29, 0.717) is 37.7 Å². The summed E-state index contributed by atoms with van der Waals surface area (Å²) in [6.45, 7) is 3.72. The summed E-state index contributed by atoms with van der Waals surface area (Å²) in [5.41, 5.74) is 2.68. The molecular formula is C33H39IN4O4. The Kier molecular flexibility index (Phi) is 8.35. The SMILES string of the molecule is CN(C)CC1(COC2=N/C(N3CCCCC(O)C3)=C3/CN(C(=O)c4cc(O)cc5cccc(I)c45)C/C3=C\C=C\2)CC1. The van der Waals surface area contributed by atoms with Crippen LogP contribution in [0.1, 0.15) is 42.5 Å². The second kappa shape index (κ2) is 12.0. The van der Waals surface area contributed by atoms with E-state index in [0.717, 1.165) is 76.5 Å². The van der Waals surface area contributed by atoms with Crippen LogP contribution in [-0.4, -0.2) is 96.2 Å². The number of phenols is 1. The average molecular weight is 683 g/mol. The quantitative estimate of drug-likeness (QED) is 0.421. The van der Waals surface area contributed by atoms with Crippen molar-refractivity contribution in [2.75, 3.05) is 53.4 Å². The predicted molar refractivity (Wildman–Crippen MR) is 174 cm³/mol. The molecule has 0 bridgehead atoms. The zero-order valence-corrected chi connectivity index (χ0v) is 26.5. The maximum absolute atomic E-state index is 14.1. The molecule has 4 aliphatic rings. The minimum Gasteiger partial charge on any atom is -0.508 e. The average Bonchev–Trinajstić information content (AvgIpc) is 3.63. The van der Waals surface area contributed by atoms with Crippen molar-refractivity contribution in [1.82, 2.24) is 14.7 Å². The molecule has 2 aromatic rings. The first kappa shape index (κ1) is 29.2. The molecule has 0 radical (unpaired) electrons. The number of amides is 1. The maximum atomic E-state index is 14.1. The largest absolute Gasteiger partial charge is 0.508 e. The lowest BCUT2D eigenvalue weighted by atomic mass is 10.0. The van der Waals surface area contributed by atoms with Gasteiger partial charge in [0.25, 0.3) is 5.91 Å². The van der Waals surface area contributed by atoms with Crippen molar-refractivity contribution in [1.29, 1.82) is 0 Å². The van der Waals surface area contributed by atoms with Gasteiger partial charge in [0.05, 0.1) is 24.8 Å². The second-order valence-electron chi connectivity index (χ2n) is 12.4. The summed E-state index contributed by atoms with van der Waals surface area (Å²) < 4.78 is 7.33. The molecular weight excluding hydrogens is 643 g/mol. The van der Waals surface area contributed by atoms with Crippen molar-refractivity contribution in [3.8, 4) is 5.75 Å². The highest BCUT2D eigenvalue weighted by atomic mass is 127. The minimum absolute atomic E-state index is 0.0766. The van der Waals surface area contributed by atoms with Gasteiger partial charge >= 0.3 is 0 Å². The number of hydrogen-bond acceptors (Lipinski definition) is 7. The van der Waals surface area contributed by atoms with Crippen LogP contribution in [0.2, 0.25) is 0 Å². The third-order valence-corrected chi connectivity index (χ3v) is 9.53. The van der Waals surface area contributed by atoms with Gasteiger partial charge < -0.3 is 29.6 Å². The summed E-state index contributed by atoms with van der Waals surface area (Å²) in [5.74, 6) is 1.30. The third-order valence-electron chi connectivity index (χ3n) is 8.63. The summed E-state index contributed by atoms with van der Waals surface area (Å²) in [4.78, 5) is 25.4. The number of halogens is 1. The van der Waals surface area contributed by atoms with E-state index in [2.05, 4.69) is 52.6 Å².